The Morgan fingerprint density at radius 1 is 1.21 bits per heavy atom. The second kappa shape index (κ2) is 5.01. The maximum Gasteiger partial charge on any atom is 0.0364 e. The third kappa shape index (κ3) is 2.74. The second-order valence-corrected chi connectivity index (χ2v) is 3.96. The predicted octanol–water partition coefficient (Wildman–Crippen LogP) is 2.20. The van der Waals surface area contributed by atoms with Crippen LogP contribution < -0.4 is 10.6 Å². The van der Waals surface area contributed by atoms with E-state index in [1.165, 1.54) is 11.3 Å². The van der Waals surface area contributed by atoms with E-state index in [1.807, 2.05) is 0 Å². The molecule has 0 saturated carbocycles. The van der Waals surface area contributed by atoms with Gasteiger partial charge in [-0.2, -0.15) is 0 Å². The molecule has 0 amide bonds. The van der Waals surface area contributed by atoms with Crippen molar-refractivity contribution >= 4 is 5.69 Å². The van der Waals surface area contributed by atoms with Crippen molar-refractivity contribution in [2.75, 3.05) is 25.0 Å². The second-order valence-electron chi connectivity index (χ2n) is 3.96. The summed E-state index contributed by atoms with van der Waals surface area (Å²) in [5.41, 5.74) is 8.12. The molecule has 0 aliphatic heterocycles. The summed E-state index contributed by atoms with van der Waals surface area (Å²) in [5, 5.41) is 0. The van der Waals surface area contributed by atoms with E-state index < -0.39 is 0 Å². The lowest BCUT2D eigenvalue weighted by Gasteiger charge is -2.18. The van der Waals surface area contributed by atoms with Gasteiger partial charge in [0.25, 0.3) is 0 Å². The monoisotopic (exact) mass is 192 g/mol. The molecular formula is C12H20N2. The Balaban J connectivity index is 2.72. The van der Waals surface area contributed by atoms with E-state index in [-0.39, 0.29) is 0 Å². The highest BCUT2D eigenvalue weighted by Gasteiger charge is 2.01. The summed E-state index contributed by atoms with van der Waals surface area (Å²) in [6.07, 6.45) is 0. The van der Waals surface area contributed by atoms with Gasteiger partial charge in [-0.25, -0.2) is 0 Å². The van der Waals surface area contributed by atoms with Gasteiger partial charge >= 0.3 is 0 Å². The lowest BCUT2D eigenvalue weighted by atomic mass is 10.0. The Bertz CT molecular complexity index is 264. The van der Waals surface area contributed by atoms with Crippen LogP contribution in [-0.4, -0.2) is 20.1 Å². The topological polar surface area (TPSA) is 29.3 Å². The number of nitrogens with two attached hydrogens (primary N) is 1. The molecule has 1 aromatic carbocycles. The van der Waals surface area contributed by atoms with Crippen molar-refractivity contribution in [2.45, 2.75) is 19.8 Å². The molecule has 0 radical (unpaired) electrons. The van der Waals surface area contributed by atoms with Gasteiger partial charge in [0.15, 0.2) is 0 Å². The summed E-state index contributed by atoms with van der Waals surface area (Å²) in [7, 11) is 2.07. The Labute approximate surface area is 86.7 Å². The van der Waals surface area contributed by atoms with Gasteiger partial charge in [0.2, 0.25) is 0 Å². The molecular weight excluding hydrogens is 172 g/mol. The molecule has 0 bridgehead atoms. The number of hydrogen-bond donors (Lipinski definition) is 1. The van der Waals surface area contributed by atoms with Gasteiger partial charge in [-0.15, -0.1) is 0 Å². The van der Waals surface area contributed by atoms with Crippen LogP contribution in [0.5, 0.6) is 0 Å². The minimum absolute atomic E-state index is 0.601. The largest absolute Gasteiger partial charge is 0.373 e. The zero-order chi connectivity index (χ0) is 10.6. The van der Waals surface area contributed by atoms with Crippen molar-refractivity contribution < 1.29 is 0 Å². The van der Waals surface area contributed by atoms with E-state index in [0.717, 1.165) is 6.54 Å². The highest BCUT2D eigenvalue weighted by atomic mass is 15.1. The van der Waals surface area contributed by atoms with Gasteiger partial charge in [-0.1, -0.05) is 26.0 Å². The lowest BCUT2D eigenvalue weighted by molar-refractivity contribution is 0.860. The fraction of sp³-hybridized carbons (Fsp3) is 0.500. The van der Waals surface area contributed by atoms with Crippen molar-refractivity contribution in [2.24, 2.45) is 5.73 Å². The smallest absolute Gasteiger partial charge is 0.0364 e. The number of benzene rings is 1. The minimum atomic E-state index is 0.601. The minimum Gasteiger partial charge on any atom is -0.373 e. The molecule has 78 valence electrons. The molecule has 0 heterocycles. The first kappa shape index (κ1) is 11.1. The fourth-order valence-electron chi connectivity index (χ4n) is 1.44. The van der Waals surface area contributed by atoms with Crippen LogP contribution in [0.15, 0.2) is 24.3 Å². The lowest BCUT2D eigenvalue weighted by Crippen LogP contribution is -2.24. The van der Waals surface area contributed by atoms with Gasteiger partial charge < -0.3 is 10.6 Å². The molecule has 1 aromatic rings. The molecule has 0 saturated heterocycles. The van der Waals surface area contributed by atoms with Crippen LogP contribution in [0.2, 0.25) is 0 Å². The van der Waals surface area contributed by atoms with Crippen molar-refractivity contribution in [3.63, 3.8) is 0 Å². The normalized spacial score (nSPS) is 10.6. The van der Waals surface area contributed by atoms with Crippen molar-refractivity contribution in [3.8, 4) is 0 Å². The van der Waals surface area contributed by atoms with Crippen molar-refractivity contribution in [1.29, 1.82) is 0 Å². The number of likely N-dealkylation sites (N-methyl/N-ethyl adjacent to an activating group) is 1. The molecule has 2 N–H and O–H groups in total. The Morgan fingerprint density at radius 2 is 1.79 bits per heavy atom. The standard InChI is InChI=1S/C12H20N2/c1-10(2)11-4-6-12(7-5-11)14(3)9-8-13/h4-7,10H,8-9,13H2,1-3H3. The SMILES string of the molecule is CC(C)c1ccc(N(C)CCN)cc1. The summed E-state index contributed by atoms with van der Waals surface area (Å²) in [6, 6.07) is 8.69. The van der Waals surface area contributed by atoms with Crippen LogP contribution in [0.1, 0.15) is 25.3 Å². The van der Waals surface area contributed by atoms with Crippen LogP contribution in [-0.2, 0) is 0 Å². The Morgan fingerprint density at radius 3 is 2.21 bits per heavy atom. The van der Waals surface area contributed by atoms with Crippen LogP contribution in [0.4, 0.5) is 5.69 Å². The first-order chi connectivity index (χ1) is 6.65. The molecule has 0 atom stereocenters. The van der Waals surface area contributed by atoms with Crippen LogP contribution >= 0.6 is 0 Å². The van der Waals surface area contributed by atoms with Crippen molar-refractivity contribution in [1.82, 2.24) is 0 Å². The first-order valence-electron chi connectivity index (χ1n) is 5.16. The zero-order valence-electron chi connectivity index (χ0n) is 9.33. The first-order valence-corrected chi connectivity index (χ1v) is 5.16. The van der Waals surface area contributed by atoms with E-state index in [9.17, 15) is 0 Å². The summed E-state index contributed by atoms with van der Waals surface area (Å²) < 4.78 is 0. The molecule has 2 heteroatoms. The van der Waals surface area contributed by atoms with Gasteiger partial charge in [0.05, 0.1) is 0 Å². The summed E-state index contributed by atoms with van der Waals surface area (Å²) in [4.78, 5) is 2.17. The molecule has 1 rings (SSSR count). The maximum absolute atomic E-state index is 5.50. The summed E-state index contributed by atoms with van der Waals surface area (Å²) in [5.74, 6) is 0.601. The number of hydrogen-bond acceptors (Lipinski definition) is 2. The molecule has 0 unspecified atom stereocenters. The van der Waals surface area contributed by atoms with Crippen LogP contribution in [0.25, 0.3) is 0 Å². The quantitative estimate of drug-likeness (QED) is 0.792. The zero-order valence-corrected chi connectivity index (χ0v) is 9.33. The van der Waals surface area contributed by atoms with Crippen LogP contribution in [0.3, 0.4) is 0 Å². The maximum atomic E-state index is 5.50. The molecule has 0 aliphatic carbocycles. The van der Waals surface area contributed by atoms with E-state index in [4.69, 9.17) is 5.73 Å². The van der Waals surface area contributed by atoms with Gasteiger partial charge in [0.1, 0.15) is 0 Å². The van der Waals surface area contributed by atoms with E-state index >= 15 is 0 Å². The van der Waals surface area contributed by atoms with E-state index in [0.29, 0.717) is 12.5 Å². The third-order valence-electron chi connectivity index (χ3n) is 2.47. The predicted molar refractivity (Wildman–Crippen MR) is 62.9 cm³/mol. The number of anilines is 1. The molecule has 0 aromatic heterocycles. The molecule has 0 spiro atoms. The highest BCUT2D eigenvalue weighted by Crippen LogP contribution is 2.18. The van der Waals surface area contributed by atoms with Gasteiger partial charge in [0, 0.05) is 25.8 Å². The molecule has 0 aliphatic rings. The highest BCUT2D eigenvalue weighted by molar-refractivity contribution is 5.47. The summed E-state index contributed by atoms with van der Waals surface area (Å²) in [6.45, 7) is 6.01. The summed E-state index contributed by atoms with van der Waals surface area (Å²) >= 11 is 0. The third-order valence-corrected chi connectivity index (χ3v) is 2.47. The number of nitrogens with zero attached hydrogens (tertiary/aromatic N) is 1. The van der Waals surface area contributed by atoms with Crippen LogP contribution in [0, 0.1) is 0 Å². The average molecular weight is 192 g/mol. The van der Waals surface area contributed by atoms with Gasteiger partial charge in [-0.05, 0) is 23.6 Å². The Kier molecular flexibility index (Phi) is 3.96. The molecule has 14 heavy (non-hydrogen) atoms. The fourth-order valence-corrected chi connectivity index (χ4v) is 1.44. The average Bonchev–Trinajstić information content (AvgIpc) is 2.18. The van der Waals surface area contributed by atoms with Crippen molar-refractivity contribution in [3.05, 3.63) is 29.8 Å². The molecule has 2 nitrogen and oxygen atoms in total. The Hall–Kier alpha value is -1.02. The van der Waals surface area contributed by atoms with E-state index in [2.05, 4.69) is 50.1 Å². The molecule has 0 fully saturated rings. The van der Waals surface area contributed by atoms with Gasteiger partial charge in [-0.3, -0.25) is 0 Å². The van der Waals surface area contributed by atoms with E-state index in [1.54, 1.807) is 0 Å². The number of rotatable bonds is 4.